The predicted molar refractivity (Wildman–Crippen MR) is 84.5 cm³/mol. The molecule has 0 radical (unpaired) electrons. The van der Waals surface area contributed by atoms with E-state index in [1.54, 1.807) is 6.20 Å². The number of allylic oxidation sites excluding steroid dienone is 1. The minimum absolute atomic E-state index is 0.556. The second-order valence-corrected chi connectivity index (χ2v) is 5.41. The topological polar surface area (TPSA) is 48.7 Å². The molecule has 0 aliphatic heterocycles. The van der Waals surface area contributed by atoms with Gasteiger partial charge in [-0.15, -0.1) is 11.3 Å². The zero-order chi connectivity index (χ0) is 14.4. The first-order chi connectivity index (χ1) is 9.72. The molecule has 4 heteroatoms. The Hall–Kier alpha value is -2.12. The highest BCUT2D eigenvalue weighted by Crippen LogP contribution is 2.19. The first kappa shape index (κ1) is 14.3. The van der Waals surface area contributed by atoms with Crippen molar-refractivity contribution in [2.75, 3.05) is 5.32 Å². The van der Waals surface area contributed by atoms with Crippen LogP contribution in [0.25, 0.3) is 5.57 Å². The molecule has 1 aromatic carbocycles. The Kier molecular flexibility index (Phi) is 4.91. The first-order valence-corrected chi connectivity index (χ1v) is 7.49. The molecule has 2 rings (SSSR count). The summed E-state index contributed by atoms with van der Waals surface area (Å²) in [6.45, 7) is 4.10. The van der Waals surface area contributed by atoms with E-state index in [9.17, 15) is 5.26 Å². The third kappa shape index (κ3) is 3.69. The summed E-state index contributed by atoms with van der Waals surface area (Å²) in [5, 5.41) is 15.0. The van der Waals surface area contributed by atoms with E-state index in [-0.39, 0.29) is 0 Å². The number of aryl methyl sites for hydroxylation is 2. The number of nitriles is 1. The van der Waals surface area contributed by atoms with E-state index in [1.165, 1.54) is 16.9 Å². The fourth-order valence-electron chi connectivity index (χ4n) is 1.83. The van der Waals surface area contributed by atoms with Gasteiger partial charge in [-0.2, -0.15) is 5.26 Å². The number of hydrogen-bond donors (Lipinski definition) is 1. The molecular weight excluding hydrogens is 266 g/mol. The van der Waals surface area contributed by atoms with Crippen LogP contribution in [0, 0.1) is 18.3 Å². The van der Waals surface area contributed by atoms with Gasteiger partial charge in [0.25, 0.3) is 0 Å². The van der Waals surface area contributed by atoms with Crippen molar-refractivity contribution in [1.82, 2.24) is 4.98 Å². The molecule has 0 unspecified atom stereocenters. The normalized spacial score (nSPS) is 11.2. The molecule has 0 atom stereocenters. The quantitative estimate of drug-likeness (QED) is 0.828. The van der Waals surface area contributed by atoms with Crippen LogP contribution in [0.1, 0.15) is 29.6 Å². The Balaban J connectivity index is 2.09. The van der Waals surface area contributed by atoms with E-state index in [1.807, 2.05) is 24.4 Å². The van der Waals surface area contributed by atoms with Crippen molar-refractivity contribution in [3.63, 3.8) is 0 Å². The second kappa shape index (κ2) is 6.88. The van der Waals surface area contributed by atoms with Gasteiger partial charge < -0.3 is 5.32 Å². The molecule has 102 valence electrons. The summed E-state index contributed by atoms with van der Waals surface area (Å²) >= 11 is 1.48. The van der Waals surface area contributed by atoms with Crippen molar-refractivity contribution in [3.8, 4) is 6.07 Å². The van der Waals surface area contributed by atoms with Crippen LogP contribution in [0.4, 0.5) is 5.69 Å². The fourth-order valence-corrected chi connectivity index (χ4v) is 2.59. The van der Waals surface area contributed by atoms with Gasteiger partial charge in [0.1, 0.15) is 16.6 Å². The largest absolute Gasteiger partial charge is 0.360 e. The maximum Gasteiger partial charge on any atom is 0.135 e. The lowest BCUT2D eigenvalue weighted by Gasteiger charge is -2.03. The summed E-state index contributed by atoms with van der Waals surface area (Å²) in [4.78, 5) is 4.32. The molecular formula is C16H17N3S. The number of anilines is 1. The van der Waals surface area contributed by atoms with Crippen LogP contribution >= 0.6 is 11.3 Å². The van der Waals surface area contributed by atoms with Gasteiger partial charge in [0.05, 0.1) is 0 Å². The highest BCUT2D eigenvalue weighted by atomic mass is 32.1. The zero-order valence-corrected chi connectivity index (χ0v) is 12.5. The molecule has 20 heavy (non-hydrogen) atoms. The maximum atomic E-state index is 9.19. The van der Waals surface area contributed by atoms with E-state index in [0.717, 1.165) is 29.2 Å². The molecule has 3 nitrogen and oxygen atoms in total. The molecule has 0 saturated heterocycles. The van der Waals surface area contributed by atoms with Gasteiger partial charge in [-0.3, -0.25) is 0 Å². The third-order valence-electron chi connectivity index (χ3n) is 2.85. The molecule has 0 spiro atoms. The van der Waals surface area contributed by atoms with Crippen molar-refractivity contribution >= 4 is 22.6 Å². The Morgan fingerprint density at radius 2 is 2.15 bits per heavy atom. The number of nitrogens with zero attached hydrogens (tertiary/aromatic N) is 2. The van der Waals surface area contributed by atoms with Gasteiger partial charge in [0.2, 0.25) is 0 Å². The third-order valence-corrected chi connectivity index (χ3v) is 3.84. The number of thiazole rings is 1. The number of nitrogens with one attached hydrogen (secondary N) is 1. The number of rotatable bonds is 5. The zero-order valence-electron chi connectivity index (χ0n) is 11.7. The van der Waals surface area contributed by atoms with E-state index < -0.39 is 0 Å². The van der Waals surface area contributed by atoms with Crippen LogP contribution in [-0.2, 0) is 6.42 Å². The molecule has 1 N–H and O–H groups in total. The van der Waals surface area contributed by atoms with Gasteiger partial charge >= 0.3 is 0 Å². The summed E-state index contributed by atoms with van der Waals surface area (Å²) < 4.78 is 0. The average Bonchev–Trinajstić information content (AvgIpc) is 2.88. The monoisotopic (exact) mass is 283 g/mol. The number of benzene rings is 1. The lowest BCUT2D eigenvalue weighted by Crippen LogP contribution is -1.91. The molecule has 0 aliphatic carbocycles. The van der Waals surface area contributed by atoms with Gasteiger partial charge in [-0.1, -0.05) is 25.5 Å². The van der Waals surface area contributed by atoms with Gasteiger partial charge in [0, 0.05) is 23.0 Å². The van der Waals surface area contributed by atoms with Crippen LogP contribution < -0.4 is 5.32 Å². The summed E-state index contributed by atoms with van der Waals surface area (Å²) in [6.07, 6.45) is 3.96. The highest BCUT2D eigenvalue weighted by Gasteiger charge is 2.04. The van der Waals surface area contributed by atoms with E-state index in [0.29, 0.717) is 5.57 Å². The van der Waals surface area contributed by atoms with Crippen molar-refractivity contribution in [2.45, 2.75) is 26.7 Å². The minimum Gasteiger partial charge on any atom is -0.360 e. The first-order valence-electron chi connectivity index (χ1n) is 6.61. The molecule has 0 bridgehead atoms. The summed E-state index contributed by atoms with van der Waals surface area (Å²) in [6, 6.07) is 10.5. The Morgan fingerprint density at radius 1 is 1.40 bits per heavy atom. The van der Waals surface area contributed by atoms with E-state index >= 15 is 0 Å². The average molecular weight is 283 g/mol. The number of aromatic nitrogens is 1. The van der Waals surface area contributed by atoms with Crippen molar-refractivity contribution in [3.05, 3.63) is 52.1 Å². The van der Waals surface area contributed by atoms with Crippen LogP contribution in [0.3, 0.4) is 0 Å². The molecule has 2 aromatic rings. The fraction of sp³-hybridized carbons (Fsp3) is 0.250. The summed E-state index contributed by atoms with van der Waals surface area (Å²) in [5.41, 5.74) is 3.81. The lowest BCUT2D eigenvalue weighted by molar-refractivity contribution is 0.922. The van der Waals surface area contributed by atoms with Crippen molar-refractivity contribution in [2.24, 2.45) is 0 Å². The standard InChI is InChI=1S/C16H17N3S/c1-3-4-13-5-7-15(8-6-13)18-10-14(9-17)16-19-12(2)11-20-16/h5-8,10-11,18H,3-4H2,1-2H3/b14-10+. The van der Waals surface area contributed by atoms with Crippen molar-refractivity contribution in [1.29, 1.82) is 5.26 Å². The van der Waals surface area contributed by atoms with Gasteiger partial charge in [-0.05, 0) is 31.0 Å². The second-order valence-electron chi connectivity index (χ2n) is 4.56. The highest BCUT2D eigenvalue weighted by molar-refractivity contribution is 7.10. The van der Waals surface area contributed by atoms with E-state index in [2.05, 4.69) is 35.4 Å². The van der Waals surface area contributed by atoms with Gasteiger partial charge in [-0.25, -0.2) is 4.98 Å². The van der Waals surface area contributed by atoms with Gasteiger partial charge in [0.15, 0.2) is 0 Å². The van der Waals surface area contributed by atoms with Crippen LogP contribution in [-0.4, -0.2) is 4.98 Å². The molecule has 0 saturated carbocycles. The number of hydrogen-bond acceptors (Lipinski definition) is 4. The van der Waals surface area contributed by atoms with Crippen molar-refractivity contribution < 1.29 is 0 Å². The Bertz CT molecular complexity index is 632. The van der Waals surface area contributed by atoms with Crippen LogP contribution in [0.5, 0.6) is 0 Å². The minimum atomic E-state index is 0.556. The molecule has 0 aliphatic rings. The predicted octanol–water partition coefficient (Wildman–Crippen LogP) is 4.38. The lowest BCUT2D eigenvalue weighted by atomic mass is 10.1. The van der Waals surface area contributed by atoms with E-state index in [4.69, 9.17) is 0 Å². The Morgan fingerprint density at radius 3 is 2.70 bits per heavy atom. The Labute approximate surface area is 123 Å². The smallest absolute Gasteiger partial charge is 0.135 e. The molecule has 0 amide bonds. The maximum absolute atomic E-state index is 9.19. The molecule has 0 fully saturated rings. The van der Waals surface area contributed by atoms with Crippen LogP contribution in [0.2, 0.25) is 0 Å². The van der Waals surface area contributed by atoms with Crippen LogP contribution in [0.15, 0.2) is 35.8 Å². The SMILES string of the molecule is CCCc1ccc(N/C=C(\C#N)c2nc(C)cs2)cc1. The summed E-state index contributed by atoms with van der Waals surface area (Å²) in [5.74, 6) is 0. The molecule has 1 aromatic heterocycles. The molecule has 1 heterocycles. The summed E-state index contributed by atoms with van der Waals surface area (Å²) in [7, 11) is 0.